The van der Waals surface area contributed by atoms with E-state index in [0.29, 0.717) is 19.3 Å². The summed E-state index contributed by atoms with van der Waals surface area (Å²) in [6.07, 6.45) is -1.55. The Labute approximate surface area is 154 Å². The lowest BCUT2D eigenvalue weighted by Gasteiger charge is -2.30. The van der Waals surface area contributed by atoms with Crippen LogP contribution < -0.4 is 5.32 Å². The Kier molecular flexibility index (Phi) is 10.3. The molecule has 7 atom stereocenters. The zero-order valence-corrected chi connectivity index (χ0v) is 15.5. The third-order valence-corrected chi connectivity index (χ3v) is 4.54. The third kappa shape index (κ3) is 7.30. The number of aliphatic hydroxyl groups excluding tert-OH is 5. The normalized spacial score (nSPS) is 29.7. The van der Waals surface area contributed by atoms with Crippen molar-refractivity contribution in [3.63, 3.8) is 0 Å². The fourth-order valence-corrected chi connectivity index (χ4v) is 2.79. The summed E-state index contributed by atoms with van der Waals surface area (Å²) < 4.78 is 5.64. The molecule has 0 fully saturated rings. The van der Waals surface area contributed by atoms with Gasteiger partial charge in [-0.3, -0.25) is 4.79 Å². The summed E-state index contributed by atoms with van der Waals surface area (Å²) in [5.74, 6) is -0.233. The number of rotatable bonds is 10. The quantitative estimate of drug-likeness (QED) is 0.275. The molecule has 0 spiro atoms. The van der Waals surface area contributed by atoms with E-state index in [-0.39, 0.29) is 25.4 Å². The number of carbonyl (C=O) groups excluding carboxylic acids is 1. The van der Waals surface area contributed by atoms with Crippen molar-refractivity contribution >= 4 is 5.91 Å². The maximum Gasteiger partial charge on any atom is 0.220 e. The van der Waals surface area contributed by atoms with Crippen LogP contribution in [-0.2, 0) is 9.53 Å². The predicted molar refractivity (Wildman–Crippen MR) is 95.3 cm³/mol. The lowest BCUT2D eigenvalue weighted by atomic mass is 10.0. The summed E-state index contributed by atoms with van der Waals surface area (Å²) in [6.45, 7) is 3.56. The van der Waals surface area contributed by atoms with Gasteiger partial charge in [0.25, 0.3) is 0 Å². The zero-order valence-electron chi connectivity index (χ0n) is 15.5. The summed E-state index contributed by atoms with van der Waals surface area (Å²) >= 11 is 0. The number of amides is 1. The van der Waals surface area contributed by atoms with Crippen LogP contribution in [0.2, 0.25) is 0 Å². The number of hydrogen-bond donors (Lipinski definition) is 6. The van der Waals surface area contributed by atoms with Crippen LogP contribution in [0.25, 0.3) is 0 Å². The average Bonchev–Trinajstić information content (AvgIpc) is 2.72. The smallest absolute Gasteiger partial charge is 0.220 e. The maximum atomic E-state index is 11.9. The van der Waals surface area contributed by atoms with E-state index >= 15 is 0 Å². The first-order chi connectivity index (χ1) is 12.3. The molecule has 7 unspecified atom stereocenters. The summed E-state index contributed by atoms with van der Waals surface area (Å²) in [6, 6.07) is -0.753. The van der Waals surface area contributed by atoms with Crippen molar-refractivity contribution in [2.45, 2.75) is 88.6 Å². The van der Waals surface area contributed by atoms with Gasteiger partial charge >= 0.3 is 0 Å². The maximum absolute atomic E-state index is 11.9. The van der Waals surface area contributed by atoms with Crippen LogP contribution in [0.5, 0.6) is 0 Å². The monoisotopic (exact) mass is 375 g/mol. The molecule has 1 aliphatic carbocycles. The van der Waals surface area contributed by atoms with E-state index in [0.717, 1.165) is 0 Å². The van der Waals surface area contributed by atoms with Gasteiger partial charge in [-0.25, -0.2) is 0 Å². The number of nitrogens with one attached hydrogen (secondary N) is 1. The Hall–Kier alpha value is -1.03. The number of aliphatic hydroxyl groups is 5. The lowest BCUT2D eigenvalue weighted by molar-refractivity contribution is -0.129. The van der Waals surface area contributed by atoms with Gasteiger partial charge in [-0.2, -0.15) is 0 Å². The molecule has 1 amide bonds. The molecule has 1 aliphatic rings. The van der Waals surface area contributed by atoms with Crippen LogP contribution in [-0.4, -0.2) is 80.7 Å². The van der Waals surface area contributed by atoms with Crippen molar-refractivity contribution < 1.29 is 35.1 Å². The molecule has 8 nitrogen and oxygen atoms in total. The Balaban J connectivity index is 2.71. The molecular formula is C18H33NO7. The van der Waals surface area contributed by atoms with Gasteiger partial charge in [-0.15, -0.1) is 0 Å². The number of hydrogen-bond acceptors (Lipinski definition) is 7. The average molecular weight is 375 g/mol. The highest BCUT2D eigenvalue weighted by Crippen LogP contribution is 2.18. The van der Waals surface area contributed by atoms with Crippen molar-refractivity contribution in [3.8, 4) is 0 Å². The predicted octanol–water partition coefficient (Wildman–Crippen LogP) is -0.779. The van der Waals surface area contributed by atoms with E-state index in [1.807, 2.05) is 6.92 Å². The van der Waals surface area contributed by atoms with Crippen molar-refractivity contribution in [1.29, 1.82) is 0 Å². The molecule has 0 aliphatic heterocycles. The third-order valence-electron chi connectivity index (χ3n) is 4.54. The van der Waals surface area contributed by atoms with Crippen molar-refractivity contribution in [2.75, 3.05) is 6.61 Å². The van der Waals surface area contributed by atoms with Crippen molar-refractivity contribution in [3.05, 3.63) is 12.2 Å². The molecule has 1 rings (SSSR count). The molecule has 0 aromatic heterocycles. The minimum Gasteiger partial charge on any atom is -0.393 e. The second-order valence-corrected chi connectivity index (χ2v) is 6.80. The number of carbonyl (C=O) groups is 1. The second-order valence-electron chi connectivity index (χ2n) is 6.80. The number of ether oxygens (including phenoxy) is 1. The first-order valence-corrected chi connectivity index (χ1v) is 9.28. The van der Waals surface area contributed by atoms with E-state index in [9.17, 15) is 30.3 Å². The van der Waals surface area contributed by atoms with Gasteiger partial charge < -0.3 is 35.6 Å². The van der Waals surface area contributed by atoms with Gasteiger partial charge in [-0.1, -0.05) is 26.0 Å². The molecule has 152 valence electrons. The van der Waals surface area contributed by atoms with E-state index < -0.39 is 42.7 Å². The molecular weight excluding hydrogens is 342 g/mol. The lowest BCUT2D eigenvalue weighted by Crippen LogP contribution is -2.50. The highest BCUT2D eigenvalue weighted by atomic mass is 16.5. The molecule has 0 radical (unpaired) electrons. The molecule has 0 aromatic rings. The molecule has 0 saturated carbocycles. The van der Waals surface area contributed by atoms with E-state index in [1.54, 1.807) is 13.0 Å². The topological polar surface area (TPSA) is 139 Å². The standard InChI is InChI=1S/C18H33NO7/c1-3-6-16(23)19-12(14(22)9-11(20)4-2)10-26-15-8-5-7-13(21)17(24)18(15)25/h5,7,11-15,17-18,20-22,24-25H,3-4,6,8-10H2,1-2H3,(H,19,23). The molecule has 26 heavy (non-hydrogen) atoms. The Bertz CT molecular complexity index is 445. The molecule has 0 saturated heterocycles. The minimum absolute atomic E-state index is 0.0887. The molecule has 0 aromatic carbocycles. The van der Waals surface area contributed by atoms with Crippen LogP contribution in [0.1, 0.15) is 46.0 Å². The zero-order chi connectivity index (χ0) is 19.7. The Morgan fingerprint density at radius 2 is 1.92 bits per heavy atom. The summed E-state index contributed by atoms with van der Waals surface area (Å²) in [5.41, 5.74) is 0. The second kappa shape index (κ2) is 11.6. The van der Waals surface area contributed by atoms with E-state index in [2.05, 4.69) is 5.32 Å². The van der Waals surface area contributed by atoms with Crippen LogP contribution in [0.4, 0.5) is 0 Å². The molecule has 0 heterocycles. The first kappa shape index (κ1) is 23.0. The fraction of sp³-hybridized carbons (Fsp3) is 0.833. The van der Waals surface area contributed by atoms with Crippen molar-refractivity contribution in [2.24, 2.45) is 0 Å². The van der Waals surface area contributed by atoms with Crippen LogP contribution in [0.3, 0.4) is 0 Å². The van der Waals surface area contributed by atoms with Gasteiger partial charge in [0.1, 0.15) is 18.3 Å². The van der Waals surface area contributed by atoms with Crippen LogP contribution >= 0.6 is 0 Å². The molecule has 0 bridgehead atoms. The Morgan fingerprint density at radius 3 is 2.54 bits per heavy atom. The first-order valence-electron chi connectivity index (χ1n) is 9.28. The SMILES string of the molecule is CCCC(=O)NC(COC1CC=CC(O)C(O)C1O)C(O)CC(O)CC. The summed E-state index contributed by atoms with van der Waals surface area (Å²) in [4.78, 5) is 11.9. The summed E-state index contributed by atoms with van der Waals surface area (Å²) in [7, 11) is 0. The van der Waals surface area contributed by atoms with Gasteiger partial charge in [0.15, 0.2) is 0 Å². The van der Waals surface area contributed by atoms with Gasteiger partial charge in [-0.05, 0) is 19.3 Å². The highest BCUT2D eigenvalue weighted by Gasteiger charge is 2.34. The van der Waals surface area contributed by atoms with Crippen LogP contribution in [0.15, 0.2) is 12.2 Å². The molecule has 6 N–H and O–H groups in total. The molecule has 8 heteroatoms. The van der Waals surface area contributed by atoms with E-state index in [4.69, 9.17) is 4.74 Å². The van der Waals surface area contributed by atoms with Gasteiger partial charge in [0, 0.05) is 12.8 Å². The van der Waals surface area contributed by atoms with Gasteiger partial charge in [0.2, 0.25) is 5.91 Å². The Morgan fingerprint density at radius 1 is 1.23 bits per heavy atom. The highest BCUT2D eigenvalue weighted by molar-refractivity contribution is 5.76. The van der Waals surface area contributed by atoms with Crippen molar-refractivity contribution in [1.82, 2.24) is 5.32 Å². The summed E-state index contributed by atoms with van der Waals surface area (Å²) in [5, 5.41) is 52.4. The van der Waals surface area contributed by atoms with Gasteiger partial charge in [0.05, 0.1) is 31.0 Å². The van der Waals surface area contributed by atoms with Crippen LogP contribution in [0, 0.1) is 0 Å². The largest absolute Gasteiger partial charge is 0.393 e. The van der Waals surface area contributed by atoms with E-state index in [1.165, 1.54) is 6.08 Å². The minimum atomic E-state index is -1.38. The fourth-order valence-electron chi connectivity index (χ4n) is 2.79.